The highest BCUT2D eigenvalue weighted by atomic mass is 79.9. The summed E-state index contributed by atoms with van der Waals surface area (Å²) < 4.78 is 41.0. The van der Waals surface area contributed by atoms with Crippen LogP contribution < -0.4 is 5.32 Å². The third kappa shape index (κ3) is 3.72. The van der Waals surface area contributed by atoms with E-state index in [1.165, 1.54) is 12.1 Å². The van der Waals surface area contributed by atoms with Crippen LogP contribution in [0.4, 0.5) is 19.0 Å². The largest absolute Gasteiger partial charge is 0.363 e. The molecule has 0 saturated heterocycles. The molecule has 130 valence electrons. The lowest BCUT2D eigenvalue weighted by Gasteiger charge is -2.18. The zero-order valence-corrected chi connectivity index (χ0v) is 15.2. The lowest BCUT2D eigenvalue weighted by Crippen LogP contribution is -2.12. The minimum absolute atomic E-state index is 0.0336. The van der Waals surface area contributed by atoms with Crippen molar-refractivity contribution in [1.82, 2.24) is 9.97 Å². The maximum Gasteiger partial charge on any atom is 0.266 e. The van der Waals surface area contributed by atoms with E-state index in [1.54, 1.807) is 19.1 Å². The summed E-state index contributed by atoms with van der Waals surface area (Å²) in [5.74, 6) is -0.534. The second kappa shape index (κ2) is 7.17. The predicted molar refractivity (Wildman–Crippen MR) is 95.6 cm³/mol. The molecule has 1 aromatic heterocycles. The maximum absolute atomic E-state index is 14.3. The van der Waals surface area contributed by atoms with E-state index in [-0.39, 0.29) is 10.8 Å². The Morgan fingerprint density at radius 1 is 1.12 bits per heavy atom. The van der Waals surface area contributed by atoms with Gasteiger partial charge in [-0.3, -0.25) is 0 Å². The number of nitrogens with zero attached hydrogens (tertiary/aromatic N) is 2. The van der Waals surface area contributed by atoms with Crippen molar-refractivity contribution >= 4 is 44.3 Å². The molecule has 1 atom stereocenters. The first-order valence-corrected chi connectivity index (χ1v) is 8.49. The average Bonchev–Trinajstić information content (AvgIpc) is 2.55. The molecule has 1 N–H and O–H groups in total. The minimum atomic E-state index is -2.88. The van der Waals surface area contributed by atoms with Crippen LogP contribution in [0, 0.1) is 5.82 Å². The molecule has 0 radical (unpaired) electrons. The van der Waals surface area contributed by atoms with Gasteiger partial charge in [0, 0.05) is 15.4 Å². The fourth-order valence-electron chi connectivity index (χ4n) is 2.54. The van der Waals surface area contributed by atoms with Crippen LogP contribution in [-0.4, -0.2) is 9.97 Å². The first kappa shape index (κ1) is 17.9. The molecule has 25 heavy (non-hydrogen) atoms. The van der Waals surface area contributed by atoms with Gasteiger partial charge in [-0.05, 0) is 36.7 Å². The van der Waals surface area contributed by atoms with Gasteiger partial charge in [-0.2, -0.15) is 0 Å². The van der Waals surface area contributed by atoms with Gasteiger partial charge in [-0.25, -0.2) is 23.1 Å². The Morgan fingerprint density at radius 2 is 1.84 bits per heavy atom. The monoisotopic (exact) mass is 429 g/mol. The summed E-state index contributed by atoms with van der Waals surface area (Å²) in [4.78, 5) is 8.28. The first-order chi connectivity index (χ1) is 11.9. The number of aromatic nitrogens is 2. The molecule has 3 rings (SSSR count). The van der Waals surface area contributed by atoms with E-state index in [1.807, 2.05) is 6.07 Å². The topological polar surface area (TPSA) is 37.8 Å². The maximum atomic E-state index is 14.3. The van der Waals surface area contributed by atoms with Gasteiger partial charge in [-0.1, -0.05) is 34.1 Å². The van der Waals surface area contributed by atoms with E-state index in [0.29, 0.717) is 16.7 Å². The van der Waals surface area contributed by atoms with Crippen molar-refractivity contribution < 1.29 is 13.2 Å². The third-order valence-corrected chi connectivity index (χ3v) is 4.41. The molecule has 3 aromatic rings. The highest BCUT2D eigenvalue weighted by Gasteiger charge is 2.20. The number of fused-ring (bicyclic) bond motifs is 1. The van der Waals surface area contributed by atoms with Crippen LogP contribution in [0.25, 0.3) is 10.9 Å². The number of hydrogen-bond acceptors (Lipinski definition) is 3. The summed E-state index contributed by atoms with van der Waals surface area (Å²) in [5, 5.41) is 3.75. The van der Waals surface area contributed by atoms with Crippen molar-refractivity contribution in [1.29, 1.82) is 0 Å². The quantitative estimate of drug-likeness (QED) is 0.494. The summed E-state index contributed by atoms with van der Waals surface area (Å²) in [5.41, 5.74) is 0.106. The molecule has 0 unspecified atom stereocenters. The highest BCUT2D eigenvalue weighted by molar-refractivity contribution is 9.10. The van der Waals surface area contributed by atoms with Crippen molar-refractivity contribution in [2.24, 2.45) is 0 Å². The highest BCUT2D eigenvalue weighted by Crippen LogP contribution is 2.31. The molecular formula is C17H12BrClF3N3. The Hall–Kier alpha value is -1.86. The fourth-order valence-corrected chi connectivity index (χ4v) is 3.07. The number of nitrogens with one attached hydrogen (secondary N) is 1. The van der Waals surface area contributed by atoms with Gasteiger partial charge in [-0.15, -0.1) is 0 Å². The summed E-state index contributed by atoms with van der Waals surface area (Å²) in [6.07, 6.45) is -2.88. The molecule has 2 aromatic carbocycles. The Kier molecular flexibility index (Phi) is 5.15. The molecular weight excluding hydrogens is 419 g/mol. The van der Waals surface area contributed by atoms with E-state index >= 15 is 0 Å². The number of alkyl halides is 2. The smallest absolute Gasteiger partial charge is 0.266 e. The third-order valence-electron chi connectivity index (χ3n) is 3.74. The second-order valence-corrected chi connectivity index (χ2v) is 6.67. The van der Waals surface area contributed by atoms with Crippen molar-refractivity contribution in [2.45, 2.75) is 19.4 Å². The minimum Gasteiger partial charge on any atom is -0.363 e. The summed E-state index contributed by atoms with van der Waals surface area (Å²) in [6, 6.07) is 8.70. The zero-order chi connectivity index (χ0) is 18.1. The number of anilines is 1. The van der Waals surface area contributed by atoms with Crippen LogP contribution in [0.5, 0.6) is 0 Å². The molecule has 0 aliphatic rings. The van der Waals surface area contributed by atoms with E-state index < -0.39 is 23.8 Å². The van der Waals surface area contributed by atoms with Crippen LogP contribution in [0.1, 0.15) is 30.5 Å². The Balaban J connectivity index is 2.02. The van der Waals surface area contributed by atoms with Crippen LogP contribution in [-0.2, 0) is 0 Å². The van der Waals surface area contributed by atoms with Crippen LogP contribution in [0.3, 0.4) is 0 Å². The number of halogens is 5. The van der Waals surface area contributed by atoms with Crippen molar-refractivity contribution in [3.63, 3.8) is 0 Å². The molecule has 0 saturated carbocycles. The molecule has 0 aliphatic carbocycles. The van der Waals surface area contributed by atoms with Gasteiger partial charge in [0.25, 0.3) is 6.43 Å². The molecule has 1 heterocycles. The second-order valence-electron chi connectivity index (χ2n) is 5.42. The number of hydrogen-bond donors (Lipinski definition) is 1. The zero-order valence-electron chi connectivity index (χ0n) is 12.9. The number of rotatable bonds is 4. The van der Waals surface area contributed by atoms with Crippen molar-refractivity contribution in [2.75, 3.05) is 5.32 Å². The average molecular weight is 431 g/mol. The van der Waals surface area contributed by atoms with E-state index in [4.69, 9.17) is 11.6 Å². The molecule has 0 bridgehead atoms. The lowest BCUT2D eigenvalue weighted by atomic mass is 10.0. The Morgan fingerprint density at radius 3 is 2.56 bits per heavy atom. The molecule has 0 aliphatic heterocycles. The van der Waals surface area contributed by atoms with Crippen LogP contribution >= 0.6 is 27.5 Å². The Labute approximate surface area is 155 Å². The van der Waals surface area contributed by atoms with Gasteiger partial charge in [0.15, 0.2) is 0 Å². The van der Waals surface area contributed by atoms with Gasteiger partial charge in [0.05, 0.1) is 17.1 Å². The van der Waals surface area contributed by atoms with Crippen LogP contribution in [0.15, 0.2) is 40.9 Å². The molecule has 0 spiro atoms. The molecule has 3 nitrogen and oxygen atoms in total. The van der Waals surface area contributed by atoms with Gasteiger partial charge < -0.3 is 5.32 Å². The SMILES string of the molecule is C[C@@H](Nc1nc(Cl)nc2ccc(Br)cc12)c1cccc(C(F)F)c1F. The van der Waals surface area contributed by atoms with E-state index in [9.17, 15) is 13.2 Å². The summed E-state index contributed by atoms with van der Waals surface area (Å²) in [7, 11) is 0. The predicted octanol–water partition coefficient (Wildman–Crippen LogP) is 6.30. The molecule has 8 heteroatoms. The summed E-state index contributed by atoms with van der Waals surface area (Å²) in [6.45, 7) is 1.66. The van der Waals surface area contributed by atoms with Crippen molar-refractivity contribution in [3.8, 4) is 0 Å². The standard InChI is InChI=1S/C17H12BrClF3N3/c1-8(10-3-2-4-11(14(10)20)15(21)22)23-16-12-7-9(18)5-6-13(12)24-17(19)25-16/h2-8,15H,1H3,(H,23,24,25)/t8-/m1/s1. The van der Waals surface area contributed by atoms with Gasteiger partial charge in [0.1, 0.15) is 11.6 Å². The molecule has 0 amide bonds. The van der Waals surface area contributed by atoms with E-state index in [0.717, 1.165) is 10.5 Å². The first-order valence-electron chi connectivity index (χ1n) is 7.32. The van der Waals surface area contributed by atoms with Crippen molar-refractivity contribution in [3.05, 3.63) is 63.1 Å². The fraction of sp³-hybridized carbons (Fsp3) is 0.176. The molecule has 0 fully saturated rings. The lowest BCUT2D eigenvalue weighted by molar-refractivity contribution is 0.146. The number of benzene rings is 2. The Bertz CT molecular complexity index is 936. The van der Waals surface area contributed by atoms with Crippen LogP contribution in [0.2, 0.25) is 5.28 Å². The van der Waals surface area contributed by atoms with Gasteiger partial charge >= 0.3 is 0 Å². The normalized spacial score (nSPS) is 12.6. The van der Waals surface area contributed by atoms with E-state index in [2.05, 4.69) is 31.2 Å². The van der Waals surface area contributed by atoms with Gasteiger partial charge in [0.2, 0.25) is 5.28 Å². The summed E-state index contributed by atoms with van der Waals surface area (Å²) >= 11 is 9.32.